The normalized spacial score (nSPS) is 19.9. The maximum Gasteiger partial charge on any atom is 0.417 e. The number of carbonyl (C=O) groups is 2. The van der Waals surface area contributed by atoms with Crippen molar-refractivity contribution >= 4 is 33.7 Å². The van der Waals surface area contributed by atoms with Crippen LogP contribution in [0.4, 0.5) is 4.79 Å². The number of carbonyl (C=O) groups excluding carboxylic acids is 2. The Balaban J connectivity index is 2.02. The number of halogens is 1. The molecule has 0 saturated carbocycles. The number of hydrogen-bond acceptors (Lipinski definition) is 4. The lowest BCUT2D eigenvalue weighted by Crippen LogP contribution is -2.81. The predicted octanol–water partition coefficient (Wildman–Crippen LogP) is -0.0294. The summed E-state index contributed by atoms with van der Waals surface area (Å²) in [4.78, 5) is 29.1. The van der Waals surface area contributed by atoms with Gasteiger partial charge in [0.1, 0.15) is 18.9 Å². The van der Waals surface area contributed by atoms with Gasteiger partial charge in [0.25, 0.3) is 11.7 Å². The highest BCUT2D eigenvalue weighted by Crippen LogP contribution is 2.15. The first-order valence-electron chi connectivity index (χ1n) is 6.89. The molecule has 1 unspecified atom stereocenters. The number of imide groups is 1. The Morgan fingerprint density at radius 1 is 1.26 bits per heavy atom. The zero-order valence-corrected chi connectivity index (χ0v) is 14.3. The molecule has 1 saturated heterocycles. The molecule has 1 aromatic carbocycles. The lowest BCUT2D eigenvalue weighted by Gasteiger charge is -2.26. The quantitative estimate of drug-likeness (QED) is 0.744. The number of amides is 3. The van der Waals surface area contributed by atoms with Crippen LogP contribution in [0, 0.1) is 17.2 Å². The molecule has 23 heavy (non-hydrogen) atoms. The Hall–Kier alpha value is -2.40. The van der Waals surface area contributed by atoms with Crippen molar-refractivity contribution in [2.75, 3.05) is 27.2 Å². The molecule has 0 aromatic heterocycles. The number of ether oxygens (including phenoxy) is 1. The molecule has 1 heterocycles. The molecular weight excluding hydrogens is 364 g/mol. The monoisotopic (exact) mass is 379 g/mol. The van der Waals surface area contributed by atoms with E-state index in [0.717, 1.165) is 9.37 Å². The van der Waals surface area contributed by atoms with Gasteiger partial charge in [-0.25, -0.2) is 9.69 Å². The summed E-state index contributed by atoms with van der Waals surface area (Å²) in [7, 11) is 2.88. The summed E-state index contributed by atoms with van der Waals surface area (Å²) >= 11 is 3.34. The number of benzene rings is 1. The summed E-state index contributed by atoms with van der Waals surface area (Å²) in [5.74, 6) is -0.567. The molecule has 0 bridgehead atoms. The molecule has 1 atom stereocenters. The van der Waals surface area contributed by atoms with E-state index in [1.807, 2.05) is 30.3 Å². The summed E-state index contributed by atoms with van der Waals surface area (Å²) in [6, 6.07) is 8.82. The highest BCUT2D eigenvalue weighted by Gasteiger charge is 2.46. The first kappa shape index (κ1) is 17.0. The Morgan fingerprint density at radius 3 is 2.52 bits per heavy atom. The topological polar surface area (TPSA) is 87.6 Å². The van der Waals surface area contributed by atoms with Crippen LogP contribution in [0.5, 0.6) is 5.75 Å². The summed E-state index contributed by atoms with van der Waals surface area (Å²) < 4.78 is 6.51. The highest BCUT2D eigenvalue weighted by atomic mass is 79.9. The van der Waals surface area contributed by atoms with Crippen LogP contribution in [0.3, 0.4) is 0 Å². The Kier molecular flexibility index (Phi) is 5.34. The standard InChI is InChI=1S/C15H15BrN4O3/c1-19-13(12(9-17)14(21)20(2)15(19)22)18-7-8-23-11-5-3-10(16)4-6-11/h3-6,12H,7-8H2,1-2H3/p+1. The van der Waals surface area contributed by atoms with Gasteiger partial charge in [-0.1, -0.05) is 15.9 Å². The molecule has 0 aliphatic carbocycles. The third-order valence-electron chi connectivity index (χ3n) is 3.41. The number of urea groups is 1. The van der Waals surface area contributed by atoms with Gasteiger partial charge in [0, 0.05) is 11.5 Å². The van der Waals surface area contributed by atoms with Crippen LogP contribution in [0.1, 0.15) is 0 Å². The van der Waals surface area contributed by atoms with Gasteiger partial charge < -0.3 is 4.74 Å². The zero-order chi connectivity index (χ0) is 17.0. The Bertz CT molecular complexity index is 681. The minimum absolute atomic E-state index is 0.278. The smallest absolute Gasteiger partial charge is 0.417 e. The molecule has 1 aliphatic heterocycles. The lowest BCUT2D eigenvalue weighted by molar-refractivity contribution is -0.466. The van der Waals surface area contributed by atoms with Crippen LogP contribution in [0.15, 0.2) is 28.7 Å². The van der Waals surface area contributed by atoms with Crippen LogP contribution in [-0.4, -0.2) is 54.8 Å². The van der Waals surface area contributed by atoms with Gasteiger partial charge in [0.15, 0.2) is 0 Å². The molecule has 0 radical (unpaired) electrons. The minimum atomic E-state index is -1.02. The van der Waals surface area contributed by atoms with E-state index < -0.39 is 17.9 Å². The summed E-state index contributed by atoms with van der Waals surface area (Å²) in [5.41, 5.74) is 0. The van der Waals surface area contributed by atoms with E-state index in [-0.39, 0.29) is 5.84 Å². The van der Waals surface area contributed by atoms with Crippen molar-refractivity contribution in [2.45, 2.75) is 0 Å². The van der Waals surface area contributed by atoms with Crippen LogP contribution < -0.4 is 9.73 Å². The Labute approximate surface area is 142 Å². The predicted molar refractivity (Wildman–Crippen MR) is 85.5 cm³/mol. The van der Waals surface area contributed by atoms with Crippen molar-refractivity contribution in [3.8, 4) is 11.8 Å². The summed E-state index contributed by atoms with van der Waals surface area (Å²) in [6.07, 6.45) is 0. The first-order chi connectivity index (χ1) is 11.0. The van der Waals surface area contributed by atoms with E-state index in [9.17, 15) is 14.9 Å². The highest BCUT2D eigenvalue weighted by molar-refractivity contribution is 9.10. The van der Waals surface area contributed by atoms with Crippen LogP contribution in [0.25, 0.3) is 0 Å². The fraction of sp³-hybridized carbons (Fsp3) is 0.333. The van der Waals surface area contributed by atoms with Gasteiger partial charge in [-0.15, -0.1) is 0 Å². The molecule has 120 valence electrons. The second-order valence-electron chi connectivity index (χ2n) is 4.92. The maximum absolute atomic E-state index is 12.0. The fourth-order valence-corrected chi connectivity index (χ4v) is 2.41. The van der Waals surface area contributed by atoms with Crippen LogP contribution in [0.2, 0.25) is 0 Å². The molecule has 1 aliphatic rings. The molecule has 2 rings (SSSR count). The number of nitrogens with zero attached hydrogens (tertiary/aromatic N) is 3. The SMILES string of the molecule is CN1C(=O)C(C#N)C(=[NH+]CCOc2ccc(Br)cc2)N(C)C1=O. The second-order valence-corrected chi connectivity index (χ2v) is 5.83. The molecule has 3 amide bonds. The van der Waals surface area contributed by atoms with E-state index in [1.165, 1.54) is 19.0 Å². The summed E-state index contributed by atoms with van der Waals surface area (Å²) in [5, 5.41) is 9.18. The van der Waals surface area contributed by atoms with Crippen molar-refractivity contribution in [3.63, 3.8) is 0 Å². The van der Waals surface area contributed by atoms with Crippen molar-refractivity contribution in [2.24, 2.45) is 5.92 Å². The van der Waals surface area contributed by atoms with E-state index in [0.29, 0.717) is 18.9 Å². The fourth-order valence-electron chi connectivity index (χ4n) is 2.14. The van der Waals surface area contributed by atoms with Gasteiger partial charge in [0.05, 0.1) is 13.1 Å². The van der Waals surface area contributed by atoms with Crippen molar-refractivity contribution in [1.29, 1.82) is 5.26 Å². The van der Waals surface area contributed by atoms with Crippen LogP contribution in [-0.2, 0) is 4.79 Å². The number of nitrogens with one attached hydrogen (secondary N) is 1. The van der Waals surface area contributed by atoms with Crippen molar-refractivity contribution in [3.05, 3.63) is 28.7 Å². The second kappa shape index (κ2) is 7.24. The van der Waals surface area contributed by atoms with Gasteiger partial charge in [0.2, 0.25) is 5.92 Å². The molecule has 7 nitrogen and oxygen atoms in total. The van der Waals surface area contributed by atoms with E-state index in [4.69, 9.17) is 4.74 Å². The largest absolute Gasteiger partial charge is 0.490 e. The third kappa shape index (κ3) is 3.68. The summed E-state index contributed by atoms with van der Waals surface area (Å²) in [6.45, 7) is 0.688. The molecule has 1 N–H and O–H groups in total. The molecule has 0 spiro atoms. The van der Waals surface area contributed by atoms with Gasteiger partial charge >= 0.3 is 6.03 Å². The number of rotatable bonds is 4. The zero-order valence-electron chi connectivity index (χ0n) is 12.7. The molecule has 1 aromatic rings. The molecular formula is C15H16BrN4O3+. The third-order valence-corrected chi connectivity index (χ3v) is 3.93. The number of amidine groups is 1. The maximum atomic E-state index is 12.0. The van der Waals surface area contributed by atoms with E-state index >= 15 is 0 Å². The number of hydrogen-bond donors (Lipinski definition) is 1. The minimum Gasteiger partial charge on any atom is -0.490 e. The Morgan fingerprint density at radius 2 is 1.91 bits per heavy atom. The van der Waals surface area contributed by atoms with E-state index in [1.54, 1.807) is 0 Å². The average Bonchev–Trinajstić information content (AvgIpc) is 2.55. The van der Waals surface area contributed by atoms with E-state index in [2.05, 4.69) is 20.9 Å². The van der Waals surface area contributed by atoms with Crippen LogP contribution >= 0.6 is 15.9 Å². The van der Waals surface area contributed by atoms with Gasteiger partial charge in [-0.05, 0) is 24.3 Å². The lowest BCUT2D eigenvalue weighted by atomic mass is 10.1. The van der Waals surface area contributed by atoms with Crippen molar-refractivity contribution < 1.29 is 19.3 Å². The number of nitriles is 1. The average molecular weight is 380 g/mol. The van der Waals surface area contributed by atoms with Gasteiger partial charge in [-0.3, -0.25) is 9.79 Å². The van der Waals surface area contributed by atoms with Crippen molar-refractivity contribution in [1.82, 2.24) is 9.80 Å². The molecule has 1 fully saturated rings. The molecule has 8 heteroatoms. The van der Waals surface area contributed by atoms with Gasteiger partial charge in [-0.2, -0.15) is 10.2 Å². The first-order valence-corrected chi connectivity index (χ1v) is 7.69.